The number of hydrogen-bond donors (Lipinski definition) is 1. The van der Waals surface area contributed by atoms with Gasteiger partial charge in [-0.15, -0.1) is 0 Å². The van der Waals surface area contributed by atoms with Gasteiger partial charge in [0.15, 0.2) is 0 Å². The topological polar surface area (TPSA) is 12.0 Å². The number of nitrogens with one attached hydrogen (secondary N) is 1. The Morgan fingerprint density at radius 1 is 0.947 bits per heavy atom. The predicted molar refractivity (Wildman–Crippen MR) is 83.6 cm³/mol. The van der Waals surface area contributed by atoms with Crippen LogP contribution in [0.4, 0.5) is 0 Å². The molecule has 0 amide bonds. The lowest BCUT2D eigenvalue weighted by atomic mass is 9.74. The molecule has 106 valence electrons. The second-order valence-electron chi connectivity index (χ2n) is 6.61. The molecule has 1 aliphatic heterocycles. The van der Waals surface area contributed by atoms with Gasteiger partial charge in [0.1, 0.15) is 0 Å². The van der Waals surface area contributed by atoms with Crippen LogP contribution >= 0.6 is 0 Å². The summed E-state index contributed by atoms with van der Waals surface area (Å²) >= 11 is 0. The maximum atomic E-state index is 3.90. The molecule has 0 bridgehead atoms. The summed E-state index contributed by atoms with van der Waals surface area (Å²) in [7, 11) is 0. The molecule has 0 radical (unpaired) electrons. The fraction of sp³-hybridized carbons (Fsp3) is 0.667. The zero-order chi connectivity index (χ0) is 14.0. The first kappa shape index (κ1) is 14.6. The Hall–Kier alpha value is -0.820. The minimum Gasteiger partial charge on any atom is -0.307 e. The molecule has 1 fully saturated rings. The van der Waals surface area contributed by atoms with E-state index in [-0.39, 0.29) is 5.54 Å². The standard InChI is InChI=1S/C18H29N/c1-13(2)18(9-7-6-8-10-19-18)17-12-15(4)14(3)11-16(17)5/h11-13,19H,6-10H2,1-5H3. The van der Waals surface area contributed by atoms with Crippen molar-refractivity contribution in [2.24, 2.45) is 5.92 Å². The summed E-state index contributed by atoms with van der Waals surface area (Å²) < 4.78 is 0. The highest BCUT2D eigenvalue weighted by Gasteiger charge is 2.36. The van der Waals surface area contributed by atoms with Crippen molar-refractivity contribution in [1.29, 1.82) is 0 Å². The average molecular weight is 259 g/mol. The van der Waals surface area contributed by atoms with Gasteiger partial charge in [0.2, 0.25) is 0 Å². The van der Waals surface area contributed by atoms with Gasteiger partial charge in [-0.25, -0.2) is 0 Å². The lowest BCUT2D eigenvalue weighted by Crippen LogP contribution is -2.46. The van der Waals surface area contributed by atoms with Crippen molar-refractivity contribution >= 4 is 0 Å². The summed E-state index contributed by atoms with van der Waals surface area (Å²) in [6.07, 6.45) is 5.30. The maximum Gasteiger partial charge on any atom is 0.0460 e. The quantitative estimate of drug-likeness (QED) is 0.816. The van der Waals surface area contributed by atoms with Crippen molar-refractivity contribution < 1.29 is 0 Å². The molecule has 0 aromatic heterocycles. The van der Waals surface area contributed by atoms with E-state index in [4.69, 9.17) is 0 Å². The van der Waals surface area contributed by atoms with Gasteiger partial charge in [0.05, 0.1) is 0 Å². The van der Waals surface area contributed by atoms with Crippen LogP contribution in [0.25, 0.3) is 0 Å². The largest absolute Gasteiger partial charge is 0.307 e. The Morgan fingerprint density at radius 2 is 1.63 bits per heavy atom. The Labute approximate surface area is 118 Å². The Bertz CT molecular complexity index is 437. The summed E-state index contributed by atoms with van der Waals surface area (Å²) in [5, 5.41) is 3.90. The highest BCUT2D eigenvalue weighted by molar-refractivity contribution is 5.41. The second kappa shape index (κ2) is 5.66. The first-order valence-electron chi connectivity index (χ1n) is 7.81. The fourth-order valence-electron chi connectivity index (χ4n) is 3.58. The third kappa shape index (κ3) is 2.72. The average Bonchev–Trinajstić information content (AvgIpc) is 2.60. The van der Waals surface area contributed by atoms with Crippen LogP contribution in [0, 0.1) is 26.7 Å². The van der Waals surface area contributed by atoms with Crippen molar-refractivity contribution in [3.63, 3.8) is 0 Å². The fourth-order valence-corrected chi connectivity index (χ4v) is 3.58. The molecular weight excluding hydrogens is 230 g/mol. The van der Waals surface area contributed by atoms with Gasteiger partial charge in [0.25, 0.3) is 0 Å². The van der Waals surface area contributed by atoms with Gasteiger partial charge in [-0.3, -0.25) is 0 Å². The normalized spacial score (nSPS) is 24.5. The van der Waals surface area contributed by atoms with Crippen molar-refractivity contribution in [3.05, 3.63) is 34.4 Å². The molecule has 1 N–H and O–H groups in total. The molecule has 0 aliphatic carbocycles. The first-order chi connectivity index (χ1) is 8.97. The van der Waals surface area contributed by atoms with Crippen molar-refractivity contribution in [2.75, 3.05) is 6.54 Å². The van der Waals surface area contributed by atoms with Gasteiger partial charge in [-0.1, -0.05) is 38.8 Å². The van der Waals surface area contributed by atoms with Gasteiger partial charge in [0, 0.05) is 5.54 Å². The SMILES string of the molecule is Cc1cc(C)c(C2(C(C)C)CCCCCN2)cc1C. The molecule has 1 nitrogen and oxygen atoms in total. The molecule has 0 saturated carbocycles. The van der Waals surface area contributed by atoms with E-state index in [2.05, 4.69) is 52.1 Å². The van der Waals surface area contributed by atoms with Crippen LogP contribution in [0.1, 0.15) is 61.8 Å². The van der Waals surface area contributed by atoms with Crippen molar-refractivity contribution in [1.82, 2.24) is 5.32 Å². The molecule has 1 aromatic carbocycles. The molecule has 1 heterocycles. The van der Waals surface area contributed by atoms with E-state index >= 15 is 0 Å². The highest BCUT2D eigenvalue weighted by Crippen LogP contribution is 2.39. The summed E-state index contributed by atoms with van der Waals surface area (Å²) in [6.45, 7) is 12.6. The van der Waals surface area contributed by atoms with Gasteiger partial charge >= 0.3 is 0 Å². The molecule has 1 unspecified atom stereocenters. The lowest BCUT2D eigenvalue weighted by Gasteiger charge is -2.40. The molecule has 1 atom stereocenters. The number of aryl methyl sites for hydroxylation is 3. The molecule has 1 heteroatoms. The minimum absolute atomic E-state index is 0.180. The Balaban J connectivity index is 2.52. The maximum absolute atomic E-state index is 3.90. The van der Waals surface area contributed by atoms with E-state index in [0.29, 0.717) is 5.92 Å². The molecular formula is C18H29N. The van der Waals surface area contributed by atoms with E-state index in [1.54, 1.807) is 0 Å². The Kier molecular flexibility index (Phi) is 4.35. The van der Waals surface area contributed by atoms with Gasteiger partial charge in [-0.2, -0.15) is 0 Å². The van der Waals surface area contributed by atoms with Crippen LogP contribution in [0.3, 0.4) is 0 Å². The first-order valence-corrected chi connectivity index (χ1v) is 7.81. The number of benzene rings is 1. The third-order valence-electron chi connectivity index (χ3n) is 5.00. The lowest BCUT2D eigenvalue weighted by molar-refractivity contribution is 0.229. The van der Waals surface area contributed by atoms with Crippen LogP contribution in [-0.4, -0.2) is 6.54 Å². The van der Waals surface area contributed by atoms with Crippen LogP contribution < -0.4 is 5.32 Å². The second-order valence-corrected chi connectivity index (χ2v) is 6.61. The number of hydrogen-bond acceptors (Lipinski definition) is 1. The van der Waals surface area contributed by atoms with E-state index in [1.165, 1.54) is 47.9 Å². The monoisotopic (exact) mass is 259 g/mol. The van der Waals surface area contributed by atoms with Crippen molar-refractivity contribution in [2.45, 2.75) is 65.8 Å². The predicted octanol–water partition coefficient (Wildman–Crippen LogP) is 4.63. The summed E-state index contributed by atoms with van der Waals surface area (Å²) in [6, 6.07) is 4.80. The molecule has 1 aliphatic rings. The van der Waals surface area contributed by atoms with Crippen molar-refractivity contribution in [3.8, 4) is 0 Å². The smallest absolute Gasteiger partial charge is 0.0460 e. The van der Waals surface area contributed by atoms with Crippen LogP contribution in [0.5, 0.6) is 0 Å². The molecule has 1 aromatic rings. The Morgan fingerprint density at radius 3 is 2.32 bits per heavy atom. The summed E-state index contributed by atoms with van der Waals surface area (Å²) in [5.41, 5.74) is 6.00. The molecule has 0 spiro atoms. The van der Waals surface area contributed by atoms with Crippen LogP contribution in [0.15, 0.2) is 12.1 Å². The van der Waals surface area contributed by atoms with E-state index < -0.39 is 0 Å². The summed E-state index contributed by atoms with van der Waals surface area (Å²) in [5.74, 6) is 0.631. The van der Waals surface area contributed by atoms with E-state index in [0.717, 1.165) is 6.54 Å². The zero-order valence-corrected chi connectivity index (χ0v) is 13.3. The highest BCUT2D eigenvalue weighted by atomic mass is 15.0. The minimum atomic E-state index is 0.180. The molecule has 1 saturated heterocycles. The van der Waals surface area contributed by atoms with E-state index in [1.807, 2.05) is 0 Å². The zero-order valence-electron chi connectivity index (χ0n) is 13.3. The molecule has 2 rings (SSSR count). The molecule has 19 heavy (non-hydrogen) atoms. The van der Waals surface area contributed by atoms with Gasteiger partial charge in [-0.05, 0) is 68.3 Å². The van der Waals surface area contributed by atoms with E-state index in [9.17, 15) is 0 Å². The van der Waals surface area contributed by atoms with Crippen LogP contribution in [0.2, 0.25) is 0 Å². The van der Waals surface area contributed by atoms with Gasteiger partial charge < -0.3 is 5.32 Å². The van der Waals surface area contributed by atoms with Crippen LogP contribution in [-0.2, 0) is 5.54 Å². The third-order valence-corrected chi connectivity index (χ3v) is 5.00. The number of rotatable bonds is 2. The summed E-state index contributed by atoms with van der Waals surface area (Å²) in [4.78, 5) is 0.